The van der Waals surface area contributed by atoms with Crippen molar-refractivity contribution in [1.29, 1.82) is 5.26 Å². The molecule has 29 heavy (non-hydrogen) atoms. The molecule has 6 nitrogen and oxygen atoms in total. The van der Waals surface area contributed by atoms with Crippen LogP contribution in [-0.4, -0.2) is 20.0 Å². The van der Waals surface area contributed by atoms with Crippen molar-refractivity contribution < 1.29 is 4.39 Å². The van der Waals surface area contributed by atoms with Crippen LogP contribution in [0.3, 0.4) is 0 Å². The highest BCUT2D eigenvalue weighted by atomic mass is 19.1. The molecule has 2 aromatic carbocycles. The minimum absolute atomic E-state index is 0.249. The van der Waals surface area contributed by atoms with Crippen LogP contribution in [0.25, 0.3) is 33.5 Å². The molecule has 0 saturated carbocycles. The fraction of sp³-hybridized carbons (Fsp3) is 0.0909. The van der Waals surface area contributed by atoms with E-state index in [1.165, 1.54) is 12.1 Å². The van der Waals surface area contributed by atoms with E-state index in [9.17, 15) is 14.4 Å². The number of nitrogens with one attached hydrogen (secondary N) is 1. The van der Waals surface area contributed by atoms with E-state index in [1.807, 2.05) is 19.1 Å². The Balaban J connectivity index is 1.89. The van der Waals surface area contributed by atoms with Crippen LogP contribution < -0.4 is 5.56 Å². The predicted octanol–water partition coefficient (Wildman–Crippen LogP) is 3.84. The van der Waals surface area contributed by atoms with Crippen LogP contribution in [0.15, 0.2) is 53.5 Å². The van der Waals surface area contributed by atoms with E-state index in [1.54, 1.807) is 42.2 Å². The van der Waals surface area contributed by atoms with Crippen LogP contribution >= 0.6 is 0 Å². The SMILES string of the molecule is Cc1n[nH]c(=O)c2ccc(-c3cnn(C)c3C=C(C#N)c3cccc(F)c3)cc12. The molecule has 0 atom stereocenters. The second kappa shape index (κ2) is 7.17. The van der Waals surface area contributed by atoms with Crippen molar-refractivity contribution in [3.8, 4) is 17.2 Å². The first-order valence-corrected chi connectivity index (χ1v) is 8.87. The fourth-order valence-electron chi connectivity index (χ4n) is 3.28. The number of fused-ring (bicyclic) bond motifs is 1. The van der Waals surface area contributed by atoms with Crippen LogP contribution in [0.5, 0.6) is 0 Å². The van der Waals surface area contributed by atoms with E-state index in [4.69, 9.17) is 0 Å². The predicted molar refractivity (Wildman–Crippen MR) is 109 cm³/mol. The molecular weight excluding hydrogens is 369 g/mol. The summed E-state index contributed by atoms with van der Waals surface area (Å²) in [5, 5.41) is 21.7. The minimum atomic E-state index is -0.406. The van der Waals surface area contributed by atoms with Gasteiger partial charge in [-0.1, -0.05) is 18.2 Å². The van der Waals surface area contributed by atoms with Crippen LogP contribution in [0.1, 0.15) is 17.0 Å². The number of rotatable bonds is 3. The molecule has 4 aromatic rings. The number of aromatic amines is 1. The molecule has 1 N–H and O–H groups in total. The van der Waals surface area contributed by atoms with Crippen molar-refractivity contribution in [2.45, 2.75) is 6.92 Å². The van der Waals surface area contributed by atoms with E-state index in [2.05, 4.69) is 21.4 Å². The van der Waals surface area contributed by atoms with Gasteiger partial charge >= 0.3 is 0 Å². The van der Waals surface area contributed by atoms with Crippen molar-refractivity contribution >= 4 is 22.4 Å². The maximum Gasteiger partial charge on any atom is 0.272 e. The van der Waals surface area contributed by atoms with Crippen LogP contribution in [0.4, 0.5) is 4.39 Å². The van der Waals surface area contributed by atoms with Crippen LogP contribution in [0, 0.1) is 24.1 Å². The summed E-state index contributed by atoms with van der Waals surface area (Å²) in [6.07, 6.45) is 3.38. The second-order valence-corrected chi connectivity index (χ2v) is 6.65. The Hall–Kier alpha value is -4.05. The molecule has 0 saturated heterocycles. The Kier molecular flexibility index (Phi) is 4.53. The standard InChI is InChI=1S/C22H16FN5O/c1-13-19-9-15(6-7-18(19)22(29)27-26-13)20-12-25-28(2)21(20)10-16(11-24)14-4-3-5-17(23)8-14/h3-10,12H,1-2H3,(H,27,29). The van der Waals surface area contributed by atoms with Gasteiger partial charge in [0.15, 0.2) is 0 Å². The molecule has 0 bridgehead atoms. The minimum Gasteiger partial charge on any atom is -0.268 e. The number of hydrogen-bond acceptors (Lipinski definition) is 4. The summed E-state index contributed by atoms with van der Waals surface area (Å²) < 4.78 is 15.2. The molecule has 142 valence electrons. The molecule has 2 aromatic heterocycles. The van der Waals surface area contributed by atoms with E-state index < -0.39 is 5.82 Å². The first kappa shape index (κ1) is 18.3. The smallest absolute Gasteiger partial charge is 0.268 e. The number of allylic oxidation sites excluding steroid dienone is 1. The summed E-state index contributed by atoms with van der Waals surface area (Å²) in [6, 6.07) is 13.5. The van der Waals surface area contributed by atoms with Gasteiger partial charge in [0.05, 0.1) is 34.6 Å². The van der Waals surface area contributed by atoms with Crippen molar-refractivity contribution in [3.63, 3.8) is 0 Å². The molecule has 0 radical (unpaired) electrons. The summed E-state index contributed by atoms with van der Waals surface area (Å²) >= 11 is 0. The lowest BCUT2D eigenvalue weighted by Gasteiger charge is -2.07. The zero-order valence-electron chi connectivity index (χ0n) is 15.8. The van der Waals surface area contributed by atoms with Crippen LogP contribution in [-0.2, 0) is 7.05 Å². The van der Waals surface area contributed by atoms with Gasteiger partial charge in [0, 0.05) is 18.0 Å². The van der Waals surface area contributed by atoms with Crippen LogP contribution in [0.2, 0.25) is 0 Å². The van der Waals surface area contributed by atoms with E-state index in [-0.39, 0.29) is 5.56 Å². The molecular formula is C22H16FN5O. The summed E-state index contributed by atoms with van der Waals surface area (Å²) in [5.74, 6) is -0.406. The maximum atomic E-state index is 13.6. The number of hydrogen-bond donors (Lipinski definition) is 1. The average molecular weight is 385 g/mol. The van der Waals surface area contributed by atoms with E-state index in [0.29, 0.717) is 27.9 Å². The molecule has 0 aliphatic carbocycles. The van der Waals surface area contributed by atoms with Gasteiger partial charge in [-0.05, 0) is 48.4 Å². The zero-order chi connectivity index (χ0) is 20.5. The van der Waals surface area contributed by atoms with Gasteiger partial charge in [0.1, 0.15) is 5.82 Å². The number of aryl methyl sites for hydroxylation is 2. The lowest BCUT2D eigenvalue weighted by molar-refractivity contribution is 0.627. The third-order valence-electron chi connectivity index (χ3n) is 4.81. The van der Waals surface area contributed by atoms with Crippen molar-refractivity contribution in [1.82, 2.24) is 20.0 Å². The number of halogens is 1. The molecule has 0 aliphatic rings. The lowest BCUT2D eigenvalue weighted by Crippen LogP contribution is -2.09. The van der Waals surface area contributed by atoms with E-state index >= 15 is 0 Å². The zero-order valence-corrected chi connectivity index (χ0v) is 15.8. The number of nitrogens with zero attached hydrogens (tertiary/aromatic N) is 4. The lowest BCUT2D eigenvalue weighted by atomic mass is 9.99. The highest BCUT2D eigenvalue weighted by Gasteiger charge is 2.13. The summed E-state index contributed by atoms with van der Waals surface area (Å²) in [6.45, 7) is 1.82. The third-order valence-corrected chi connectivity index (χ3v) is 4.81. The molecule has 7 heteroatoms. The summed E-state index contributed by atoms with van der Waals surface area (Å²) in [5.41, 5.74) is 3.60. The van der Waals surface area contributed by atoms with Gasteiger partial charge in [-0.3, -0.25) is 9.48 Å². The Bertz CT molecular complexity index is 1370. The van der Waals surface area contributed by atoms with Crippen molar-refractivity contribution in [3.05, 3.63) is 81.8 Å². The molecule has 2 heterocycles. The second-order valence-electron chi connectivity index (χ2n) is 6.65. The fourth-order valence-corrected chi connectivity index (χ4v) is 3.28. The number of nitriles is 1. The normalized spacial score (nSPS) is 11.6. The van der Waals surface area contributed by atoms with Gasteiger partial charge in [0.25, 0.3) is 5.56 Å². The monoisotopic (exact) mass is 385 g/mol. The number of aromatic nitrogens is 4. The molecule has 0 aliphatic heterocycles. The Labute approximate surface area is 165 Å². The highest BCUT2D eigenvalue weighted by molar-refractivity contribution is 5.94. The number of H-pyrrole nitrogens is 1. The average Bonchev–Trinajstić information content (AvgIpc) is 3.09. The van der Waals surface area contributed by atoms with Crippen molar-refractivity contribution in [2.24, 2.45) is 7.05 Å². The highest BCUT2D eigenvalue weighted by Crippen LogP contribution is 2.29. The first-order chi connectivity index (χ1) is 14.0. The summed E-state index contributed by atoms with van der Waals surface area (Å²) in [7, 11) is 1.77. The maximum absolute atomic E-state index is 13.6. The Morgan fingerprint density at radius 1 is 1.24 bits per heavy atom. The number of benzene rings is 2. The quantitative estimate of drug-likeness (QED) is 0.543. The largest absolute Gasteiger partial charge is 0.272 e. The molecule has 0 fully saturated rings. The van der Waals surface area contributed by atoms with E-state index in [0.717, 1.165) is 16.5 Å². The molecule has 0 amide bonds. The topological polar surface area (TPSA) is 87.4 Å². The van der Waals surface area contributed by atoms with Gasteiger partial charge in [0.2, 0.25) is 0 Å². The first-order valence-electron chi connectivity index (χ1n) is 8.87. The molecule has 0 unspecified atom stereocenters. The third kappa shape index (κ3) is 3.32. The van der Waals surface area contributed by atoms with Crippen molar-refractivity contribution in [2.75, 3.05) is 0 Å². The summed E-state index contributed by atoms with van der Waals surface area (Å²) in [4.78, 5) is 12.0. The molecule has 0 spiro atoms. The van der Waals surface area contributed by atoms with Gasteiger partial charge in [-0.25, -0.2) is 9.49 Å². The van der Waals surface area contributed by atoms with Gasteiger partial charge < -0.3 is 0 Å². The van der Waals surface area contributed by atoms with Gasteiger partial charge in [-0.15, -0.1) is 0 Å². The Morgan fingerprint density at radius 2 is 2.07 bits per heavy atom. The Morgan fingerprint density at radius 3 is 2.83 bits per heavy atom. The molecule has 4 rings (SSSR count). The van der Waals surface area contributed by atoms with Gasteiger partial charge in [-0.2, -0.15) is 15.5 Å².